The van der Waals surface area contributed by atoms with E-state index in [1.165, 1.54) is 42.6 Å². The van der Waals surface area contributed by atoms with Crippen LogP contribution in [0.25, 0.3) is 0 Å². The first kappa shape index (κ1) is 32.0. The molecule has 8 heteroatoms. The van der Waals surface area contributed by atoms with Crippen molar-refractivity contribution in [1.82, 2.24) is 14.9 Å². The maximum Gasteiger partial charge on any atom is 0.249 e. The fourth-order valence-corrected chi connectivity index (χ4v) is 7.13. The molecular formula is C34H49N5O2S. The lowest BCUT2D eigenvalue weighted by Gasteiger charge is -2.41. The van der Waals surface area contributed by atoms with Crippen molar-refractivity contribution in [3.8, 4) is 0 Å². The van der Waals surface area contributed by atoms with E-state index in [0.29, 0.717) is 18.8 Å². The van der Waals surface area contributed by atoms with E-state index in [9.17, 15) is 9.59 Å². The van der Waals surface area contributed by atoms with Crippen LogP contribution in [0.3, 0.4) is 0 Å². The van der Waals surface area contributed by atoms with Gasteiger partial charge >= 0.3 is 0 Å². The van der Waals surface area contributed by atoms with E-state index >= 15 is 0 Å². The van der Waals surface area contributed by atoms with Crippen molar-refractivity contribution in [2.24, 2.45) is 0 Å². The molecule has 2 aliphatic heterocycles. The molecule has 228 valence electrons. The summed E-state index contributed by atoms with van der Waals surface area (Å²) >= 11 is 1.97. The summed E-state index contributed by atoms with van der Waals surface area (Å²) in [7, 11) is 1.92. The number of nitrogens with one attached hydrogen (secondary N) is 3. The van der Waals surface area contributed by atoms with Gasteiger partial charge in [0, 0.05) is 61.5 Å². The Morgan fingerprint density at radius 1 is 1.14 bits per heavy atom. The zero-order chi connectivity index (χ0) is 30.1. The molecule has 2 saturated heterocycles. The van der Waals surface area contributed by atoms with Crippen LogP contribution >= 0.6 is 11.9 Å². The number of benzene rings is 2. The number of carbonyl (C=O) groups is 2. The summed E-state index contributed by atoms with van der Waals surface area (Å²) in [6.07, 6.45) is 6.81. The van der Waals surface area contributed by atoms with E-state index in [2.05, 4.69) is 89.2 Å². The molecule has 0 bridgehead atoms. The maximum atomic E-state index is 12.4. The van der Waals surface area contributed by atoms with Crippen LogP contribution in [0.4, 0.5) is 11.4 Å². The summed E-state index contributed by atoms with van der Waals surface area (Å²) in [4.78, 5) is 25.9. The third kappa shape index (κ3) is 9.01. The quantitative estimate of drug-likeness (QED) is 0.172. The van der Waals surface area contributed by atoms with Crippen molar-refractivity contribution in [3.63, 3.8) is 0 Å². The van der Waals surface area contributed by atoms with E-state index in [1.54, 1.807) is 0 Å². The topological polar surface area (TPSA) is 76.7 Å². The molecule has 0 aromatic heterocycles. The van der Waals surface area contributed by atoms with Crippen molar-refractivity contribution in [2.45, 2.75) is 89.0 Å². The molecule has 2 amide bonds. The third-order valence-electron chi connectivity index (χ3n) is 8.58. The van der Waals surface area contributed by atoms with Gasteiger partial charge in [-0.05, 0) is 94.2 Å². The summed E-state index contributed by atoms with van der Waals surface area (Å²) in [5.41, 5.74) is 6.04. The predicted octanol–water partition coefficient (Wildman–Crippen LogP) is 6.44. The molecule has 2 unspecified atom stereocenters. The molecule has 0 aliphatic carbocycles. The molecule has 2 fully saturated rings. The largest absolute Gasteiger partial charge is 0.389 e. The predicted molar refractivity (Wildman–Crippen MR) is 177 cm³/mol. The van der Waals surface area contributed by atoms with Gasteiger partial charge in [0.1, 0.15) is 6.04 Å². The van der Waals surface area contributed by atoms with Crippen molar-refractivity contribution >= 4 is 35.1 Å². The van der Waals surface area contributed by atoms with Crippen molar-refractivity contribution in [1.29, 1.82) is 0 Å². The average molecular weight is 592 g/mol. The van der Waals surface area contributed by atoms with Gasteiger partial charge < -0.3 is 15.5 Å². The number of carbonyl (C=O) groups excluding carboxylic acids is 2. The first-order valence-corrected chi connectivity index (χ1v) is 16.4. The summed E-state index contributed by atoms with van der Waals surface area (Å²) in [5, 5.41) is 9.53. The Morgan fingerprint density at radius 2 is 1.90 bits per heavy atom. The number of nitrogens with zero attached hydrogens (tertiary/aromatic N) is 2. The highest BCUT2D eigenvalue weighted by molar-refractivity contribution is 7.96. The molecule has 2 aliphatic rings. The molecular weight excluding hydrogens is 542 g/mol. The zero-order valence-electron chi connectivity index (χ0n) is 25.9. The number of hydrogen-bond acceptors (Lipinski definition) is 7. The van der Waals surface area contributed by atoms with Gasteiger partial charge in [-0.1, -0.05) is 49.2 Å². The van der Waals surface area contributed by atoms with Gasteiger partial charge in [-0.3, -0.25) is 14.9 Å². The number of allylic oxidation sites excluding steroid dienone is 1. The standard InChI is InChI=1S/C34H49N5O2S/c1-25(2)35-20-17-28(27-11-13-30(14-12-27)38(5)31-15-16-32(40)37-33(31)41)18-21-36-29-10-8-9-26(23-29)24-42-39-22-7-6-19-34(39,3)4/h8-14,23,28,31,35-36H,1,6-7,15-22,24H2,2-5H3,(H,37,40,41). The first-order valence-electron chi connectivity index (χ1n) is 15.4. The normalized spacial score (nSPS) is 19.6. The molecule has 2 aromatic carbocycles. The number of piperidine rings is 2. The SMILES string of the molecule is C=C(C)NCCC(CCNc1cccc(CSN2CCCCC2(C)C)c1)c1ccc(N(C)C2CCC(=O)NC2=O)cc1. The Hall–Kier alpha value is -2.97. The summed E-state index contributed by atoms with van der Waals surface area (Å²) in [6, 6.07) is 17.1. The van der Waals surface area contributed by atoms with Crippen molar-refractivity contribution in [3.05, 3.63) is 71.9 Å². The van der Waals surface area contributed by atoms with E-state index in [4.69, 9.17) is 0 Å². The van der Waals surface area contributed by atoms with Gasteiger partial charge in [-0.2, -0.15) is 0 Å². The zero-order valence-corrected chi connectivity index (χ0v) is 26.7. The highest BCUT2D eigenvalue weighted by Gasteiger charge is 2.31. The second-order valence-electron chi connectivity index (χ2n) is 12.4. The van der Waals surface area contributed by atoms with Crippen LogP contribution < -0.4 is 20.9 Å². The lowest BCUT2D eigenvalue weighted by Crippen LogP contribution is -2.51. The van der Waals surface area contributed by atoms with Gasteiger partial charge in [-0.15, -0.1) is 0 Å². The Morgan fingerprint density at radius 3 is 2.62 bits per heavy atom. The minimum absolute atomic E-state index is 0.188. The number of hydrogen-bond donors (Lipinski definition) is 3. The molecule has 2 atom stereocenters. The molecule has 2 heterocycles. The van der Waals surface area contributed by atoms with Crippen LogP contribution in [0, 0.1) is 0 Å². The van der Waals surface area contributed by atoms with Crippen LogP contribution in [-0.4, -0.2) is 54.4 Å². The molecule has 0 spiro atoms. The summed E-state index contributed by atoms with van der Waals surface area (Å²) in [6.45, 7) is 13.6. The number of rotatable bonds is 14. The monoisotopic (exact) mass is 591 g/mol. The minimum atomic E-state index is -0.325. The fourth-order valence-electron chi connectivity index (χ4n) is 5.94. The van der Waals surface area contributed by atoms with Crippen LogP contribution in [0.5, 0.6) is 0 Å². The van der Waals surface area contributed by atoms with Crippen molar-refractivity contribution in [2.75, 3.05) is 36.9 Å². The lowest BCUT2D eigenvalue weighted by molar-refractivity contribution is -0.134. The molecule has 2 aromatic rings. The number of amides is 2. The van der Waals surface area contributed by atoms with Crippen LogP contribution in [0.1, 0.15) is 82.8 Å². The second kappa shape index (κ2) is 15.0. The van der Waals surface area contributed by atoms with Gasteiger partial charge in [-0.25, -0.2) is 4.31 Å². The van der Waals surface area contributed by atoms with Gasteiger partial charge in [0.25, 0.3) is 0 Å². The smallest absolute Gasteiger partial charge is 0.249 e. The number of likely N-dealkylation sites (N-methyl/N-ethyl adjacent to an activating group) is 1. The van der Waals surface area contributed by atoms with E-state index in [0.717, 1.165) is 43.1 Å². The summed E-state index contributed by atoms with van der Waals surface area (Å²) in [5.74, 6) is 0.963. The Labute approximate surface area is 257 Å². The highest BCUT2D eigenvalue weighted by atomic mass is 32.2. The van der Waals surface area contributed by atoms with Crippen LogP contribution in [0.15, 0.2) is 60.8 Å². The molecule has 7 nitrogen and oxygen atoms in total. The summed E-state index contributed by atoms with van der Waals surface area (Å²) < 4.78 is 2.58. The van der Waals surface area contributed by atoms with E-state index in [1.807, 2.05) is 30.8 Å². The van der Waals surface area contributed by atoms with Gasteiger partial charge in [0.15, 0.2) is 0 Å². The maximum absolute atomic E-state index is 12.4. The third-order valence-corrected chi connectivity index (χ3v) is 10.0. The molecule has 0 radical (unpaired) electrons. The molecule has 3 N–H and O–H groups in total. The van der Waals surface area contributed by atoms with Crippen LogP contribution in [-0.2, 0) is 15.3 Å². The Kier molecular flexibility index (Phi) is 11.4. The van der Waals surface area contributed by atoms with Gasteiger partial charge in [0.2, 0.25) is 11.8 Å². The minimum Gasteiger partial charge on any atom is -0.389 e. The van der Waals surface area contributed by atoms with Gasteiger partial charge in [0.05, 0.1) is 0 Å². The van der Waals surface area contributed by atoms with Crippen molar-refractivity contribution < 1.29 is 9.59 Å². The van der Waals surface area contributed by atoms with E-state index in [-0.39, 0.29) is 23.4 Å². The highest BCUT2D eigenvalue weighted by Crippen LogP contribution is 2.35. The first-order chi connectivity index (χ1) is 20.1. The molecule has 0 saturated carbocycles. The molecule has 4 rings (SSSR count). The Bertz CT molecular complexity index is 1210. The Balaban J connectivity index is 1.34. The second-order valence-corrected chi connectivity index (χ2v) is 13.4. The van der Waals surface area contributed by atoms with E-state index < -0.39 is 0 Å². The average Bonchev–Trinajstić information content (AvgIpc) is 2.95. The lowest BCUT2D eigenvalue weighted by atomic mass is 9.92. The van der Waals surface area contributed by atoms with Crippen LogP contribution in [0.2, 0.25) is 0 Å². The number of imide groups is 1. The fraction of sp³-hybridized carbons (Fsp3) is 0.529. The molecule has 42 heavy (non-hydrogen) atoms. The number of anilines is 2.